The zero-order chi connectivity index (χ0) is 18.7. The number of nitrogens with one attached hydrogen (secondary N) is 1. The van der Waals surface area contributed by atoms with Crippen LogP contribution < -0.4 is 15.0 Å². The highest BCUT2D eigenvalue weighted by Crippen LogP contribution is 2.37. The number of benzene rings is 2. The summed E-state index contributed by atoms with van der Waals surface area (Å²) in [7, 11) is 0. The second-order valence-electron chi connectivity index (χ2n) is 6.99. The van der Waals surface area contributed by atoms with Crippen LogP contribution in [0.2, 0.25) is 0 Å². The molecule has 2 aromatic carbocycles. The van der Waals surface area contributed by atoms with Gasteiger partial charge in [0.15, 0.2) is 5.60 Å². The van der Waals surface area contributed by atoms with Gasteiger partial charge in [-0.15, -0.1) is 0 Å². The lowest BCUT2D eigenvalue weighted by Gasteiger charge is -2.38. The van der Waals surface area contributed by atoms with Gasteiger partial charge in [-0.25, -0.2) is 0 Å². The van der Waals surface area contributed by atoms with Crippen molar-refractivity contribution in [3.05, 3.63) is 60.2 Å². The number of anilines is 1. The lowest BCUT2D eigenvalue weighted by Crippen LogP contribution is -2.53. The van der Waals surface area contributed by atoms with Crippen molar-refractivity contribution in [1.82, 2.24) is 5.32 Å². The van der Waals surface area contributed by atoms with Crippen molar-refractivity contribution in [2.45, 2.75) is 38.8 Å². The highest BCUT2D eigenvalue weighted by Gasteiger charge is 2.40. The van der Waals surface area contributed by atoms with Crippen molar-refractivity contribution in [2.75, 3.05) is 11.4 Å². The average Bonchev–Trinajstić information content (AvgIpc) is 2.62. The molecule has 0 fully saturated rings. The number of nitrogens with zero attached hydrogens (tertiary/aromatic N) is 1. The minimum atomic E-state index is -0.942. The van der Waals surface area contributed by atoms with E-state index in [0.717, 1.165) is 5.56 Å². The molecular weight excluding hydrogens is 328 g/mol. The Labute approximate surface area is 154 Å². The summed E-state index contributed by atoms with van der Waals surface area (Å²) in [6.45, 7) is 5.76. The summed E-state index contributed by atoms with van der Waals surface area (Å²) in [5.41, 5.74) is 0.817. The van der Waals surface area contributed by atoms with Crippen molar-refractivity contribution in [2.24, 2.45) is 0 Å². The summed E-state index contributed by atoms with van der Waals surface area (Å²) in [6, 6.07) is 17.1. The molecule has 1 heterocycles. The molecule has 3 rings (SSSR count). The quantitative estimate of drug-likeness (QED) is 0.896. The molecule has 0 bridgehead atoms. The summed E-state index contributed by atoms with van der Waals surface area (Å²) in [5, 5.41) is 2.99. The number of rotatable bonds is 5. The van der Waals surface area contributed by atoms with Gasteiger partial charge < -0.3 is 15.0 Å². The number of para-hydroxylation sites is 2. The average molecular weight is 352 g/mol. The van der Waals surface area contributed by atoms with Crippen LogP contribution in [0.5, 0.6) is 5.75 Å². The first-order valence-electron chi connectivity index (χ1n) is 8.83. The lowest BCUT2D eigenvalue weighted by molar-refractivity contribution is -0.132. The van der Waals surface area contributed by atoms with Crippen molar-refractivity contribution in [3.8, 4) is 5.75 Å². The minimum absolute atomic E-state index is 0.0761. The Kier molecular flexibility index (Phi) is 4.98. The summed E-state index contributed by atoms with van der Waals surface area (Å²) < 4.78 is 5.80. The monoisotopic (exact) mass is 352 g/mol. The third-order valence-electron chi connectivity index (χ3n) is 4.52. The van der Waals surface area contributed by atoms with Gasteiger partial charge in [-0.2, -0.15) is 0 Å². The fourth-order valence-corrected chi connectivity index (χ4v) is 3.09. The van der Waals surface area contributed by atoms with E-state index in [-0.39, 0.29) is 24.3 Å². The molecule has 0 saturated carbocycles. The molecule has 0 spiro atoms. The van der Waals surface area contributed by atoms with E-state index in [4.69, 9.17) is 4.74 Å². The fraction of sp³-hybridized carbons (Fsp3) is 0.333. The molecule has 0 saturated heterocycles. The Morgan fingerprint density at radius 1 is 1.12 bits per heavy atom. The van der Waals surface area contributed by atoms with Crippen molar-refractivity contribution >= 4 is 17.5 Å². The SMILES string of the molecule is CC(NC(=O)CCN1C(=O)C(C)(C)Oc2ccccc21)c1ccccc1. The Morgan fingerprint density at radius 2 is 1.77 bits per heavy atom. The van der Waals surface area contributed by atoms with E-state index in [2.05, 4.69) is 5.32 Å². The van der Waals surface area contributed by atoms with Crippen LogP contribution in [-0.4, -0.2) is 24.0 Å². The second-order valence-corrected chi connectivity index (χ2v) is 6.99. The number of carbonyl (C=O) groups excluding carboxylic acids is 2. The van der Waals surface area contributed by atoms with Crippen LogP contribution in [0.15, 0.2) is 54.6 Å². The van der Waals surface area contributed by atoms with Crippen LogP contribution in [0.25, 0.3) is 0 Å². The molecule has 1 aliphatic heterocycles. The maximum Gasteiger partial charge on any atom is 0.270 e. The molecule has 0 radical (unpaired) electrons. The zero-order valence-electron chi connectivity index (χ0n) is 15.4. The topological polar surface area (TPSA) is 58.6 Å². The fourth-order valence-electron chi connectivity index (χ4n) is 3.09. The predicted molar refractivity (Wildman–Crippen MR) is 101 cm³/mol. The van der Waals surface area contributed by atoms with Gasteiger partial charge in [-0.3, -0.25) is 9.59 Å². The van der Waals surface area contributed by atoms with Crippen LogP contribution in [0.1, 0.15) is 38.8 Å². The number of amides is 2. The largest absolute Gasteiger partial charge is 0.476 e. The van der Waals surface area contributed by atoms with Crippen LogP contribution in [0.3, 0.4) is 0 Å². The molecule has 1 aliphatic rings. The Hall–Kier alpha value is -2.82. The number of hydrogen-bond acceptors (Lipinski definition) is 3. The van der Waals surface area contributed by atoms with Gasteiger partial charge in [0.05, 0.1) is 11.7 Å². The van der Waals surface area contributed by atoms with Gasteiger partial charge in [-0.05, 0) is 38.5 Å². The van der Waals surface area contributed by atoms with E-state index >= 15 is 0 Å². The summed E-state index contributed by atoms with van der Waals surface area (Å²) in [5.74, 6) is 0.436. The standard InChI is InChI=1S/C21H24N2O3/c1-15(16-9-5-4-6-10-16)22-19(24)13-14-23-17-11-7-8-12-18(17)26-21(2,3)20(23)25/h4-12,15H,13-14H2,1-3H3,(H,22,24). The van der Waals surface area contributed by atoms with Crippen LogP contribution in [0.4, 0.5) is 5.69 Å². The Morgan fingerprint density at radius 3 is 2.50 bits per heavy atom. The van der Waals surface area contributed by atoms with Gasteiger partial charge in [-0.1, -0.05) is 42.5 Å². The van der Waals surface area contributed by atoms with E-state index < -0.39 is 5.60 Å². The van der Waals surface area contributed by atoms with Crippen LogP contribution in [-0.2, 0) is 9.59 Å². The third-order valence-corrected chi connectivity index (χ3v) is 4.52. The highest BCUT2D eigenvalue weighted by molar-refractivity contribution is 6.02. The Balaban J connectivity index is 1.67. The molecule has 0 aromatic heterocycles. The molecule has 2 aromatic rings. The molecule has 1 atom stereocenters. The maximum atomic E-state index is 12.7. The third kappa shape index (κ3) is 3.72. The van der Waals surface area contributed by atoms with Crippen molar-refractivity contribution in [1.29, 1.82) is 0 Å². The highest BCUT2D eigenvalue weighted by atomic mass is 16.5. The summed E-state index contributed by atoms with van der Waals surface area (Å²) in [4.78, 5) is 26.7. The van der Waals surface area contributed by atoms with Crippen molar-refractivity contribution < 1.29 is 14.3 Å². The molecular formula is C21H24N2O3. The normalized spacial score (nSPS) is 16.4. The first-order chi connectivity index (χ1) is 12.4. The van der Waals surface area contributed by atoms with Gasteiger partial charge in [0.25, 0.3) is 5.91 Å². The zero-order valence-corrected chi connectivity index (χ0v) is 15.4. The number of ether oxygens (including phenoxy) is 1. The molecule has 5 nitrogen and oxygen atoms in total. The molecule has 1 unspecified atom stereocenters. The minimum Gasteiger partial charge on any atom is -0.476 e. The number of carbonyl (C=O) groups is 2. The molecule has 0 aliphatic carbocycles. The molecule has 5 heteroatoms. The van der Waals surface area contributed by atoms with Gasteiger partial charge >= 0.3 is 0 Å². The molecule has 1 N–H and O–H groups in total. The van der Waals surface area contributed by atoms with E-state index in [1.165, 1.54) is 0 Å². The van der Waals surface area contributed by atoms with E-state index in [1.54, 1.807) is 18.7 Å². The maximum absolute atomic E-state index is 12.7. The van der Waals surface area contributed by atoms with E-state index in [0.29, 0.717) is 18.0 Å². The first-order valence-corrected chi connectivity index (χ1v) is 8.83. The van der Waals surface area contributed by atoms with Crippen LogP contribution in [0, 0.1) is 0 Å². The van der Waals surface area contributed by atoms with Gasteiger partial charge in [0, 0.05) is 13.0 Å². The second kappa shape index (κ2) is 7.20. The van der Waals surface area contributed by atoms with E-state index in [9.17, 15) is 9.59 Å². The Bertz CT molecular complexity index is 802. The molecule has 136 valence electrons. The van der Waals surface area contributed by atoms with E-state index in [1.807, 2.05) is 61.5 Å². The van der Waals surface area contributed by atoms with Gasteiger partial charge in [0.2, 0.25) is 5.91 Å². The number of hydrogen-bond donors (Lipinski definition) is 1. The first kappa shape index (κ1) is 18.0. The molecule has 2 amide bonds. The summed E-state index contributed by atoms with van der Waals surface area (Å²) in [6.07, 6.45) is 0.229. The van der Waals surface area contributed by atoms with Gasteiger partial charge in [0.1, 0.15) is 5.75 Å². The van der Waals surface area contributed by atoms with Crippen LogP contribution >= 0.6 is 0 Å². The van der Waals surface area contributed by atoms with Crippen molar-refractivity contribution in [3.63, 3.8) is 0 Å². The summed E-state index contributed by atoms with van der Waals surface area (Å²) >= 11 is 0. The smallest absolute Gasteiger partial charge is 0.270 e. The number of fused-ring (bicyclic) bond motifs is 1. The predicted octanol–water partition coefficient (Wildman–Crippen LogP) is 3.46. The lowest BCUT2D eigenvalue weighted by atomic mass is 10.0. The molecule has 26 heavy (non-hydrogen) atoms.